The Balaban J connectivity index is 2.90. The number of benzene rings is 1. The van der Waals surface area contributed by atoms with Crippen molar-refractivity contribution in [2.45, 2.75) is 13.8 Å². The van der Waals surface area contributed by atoms with Crippen LogP contribution in [0.3, 0.4) is 0 Å². The molecule has 7 heteroatoms. The Hall–Kier alpha value is -1.82. The van der Waals surface area contributed by atoms with E-state index in [0.717, 1.165) is 0 Å². The van der Waals surface area contributed by atoms with Gasteiger partial charge in [-0.05, 0) is 11.5 Å². The quantitative estimate of drug-likeness (QED) is 0.497. The normalized spacial score (nSPS) is 11.0. The van der Waals surface area contributed by atoms with Gasteiger partial charge in [-0.15, -0.1) is 11.6 Å². The molecule has 0 atom stereocenters. The average Bonchev–Trinajstić information content (AvgIpc) is 2.44. The first kappa shape index (κ1) is 16.2. The second kappa shape index (κ2) is 6.56. The number of non-ortho nitro benzene ring substituents is 1. The molecule has 20 heavy (non-hydrogen) atoms. The Morgan fingerprint density at radius 2 is 2.15 bits per heavy atom. The minimum atomic E-state index is -0.541. The molecule has 0 spiro atoms. The fourth-order valence-electron chi connectivity index (χ4n) is 1.44. The lowest BCUT2D eigenvalue weighted by atomic mass is 9.96. The summed E-state index contributed by atoms with van der Waals surface area (Å²) >= 11 is 5.79. The Bertz CT molecular complexity index is 517. The van der Waals surface area contributed by atoms with Crippen LogP contribution in [-0.4, -0.2) is 30.4 Å². The molecule has 1 aromatic carbocycles. The van der Waals surface area contributed by atoms with Gasteiger partial charge < -0.3 is 10.1 Å². The van der Waals surface area contributed by atoms with E-state index in [1.165, 1.54) is 25.3 Å². The summed E-state index contributed by atoms with van der Waals surface area (Å²) in [6.45, 7) is 4.25. The van der Waals surface area contributed by atoms with Gasteiger partial charge >= 0.3 is 0 Å². The summed E-state index contributed by atoms with van der Waals surface area (Å²) in [5.74, 6) is 0.223. The van der Waals surface area contributed by atoms with Crippen LogP contribution < -0.4 is 10.1 Å². The molecular weight excluding hydrogens is 284 g/mol. The first-order chi connectivity index (χ1) is 9.30. The molecule has 0 radical (unpaired) electrons. The molecule has 1 aromatic rings. The Morgan fingerprint density at radius 1 is 1.50 bits per heavy atom. The number of hydrogen-bond acceptors (Lipinski definition) is 4. The highest BCUT2D eigenvalue weighted by atomic mass is 35.5. The highest BCUT2D eigenvalue weighted by molar-refractivity contribution is 6.18. The van der Waals surface area contributed by atoms with E-state index in [9.17, 15) is 14.9 Å². The van der Waals surface area contributed by atoms with Gasteiger partial charge in [0.2, 0.25) is 0 Å². The summed E-state index contributed by atoms with van der Waals surface area (Å²) in [4.78, 5) is 22.2. The number of carbonyl (C=O) groups excluding carboxylic acids is 1. The first-order valence-corrected chi connectivity index (χ1v) is 6.51. The maximum Gasteiger partial charge on any atom is 0.273 e. The molecule has 0 saturated carbocycles. The average molecular weight is 301 g/mol. The number of nitro benzene ring substituents is 1. The molecule has 0 saturated heterocycles. The fourth-order valence-corrected chi connectivity index (χ4v) is 1.54. The number of halogens is 1. The van der Waals surface area contributed by atoms with E-state index in [1.54, 1.807) is 0 Å². The van der Waals surface area contributed by atoms with E-state index < -0.39 is 4.92 Å². The van der Waals surface area contributed by atoms with E-state index in [-0.39, 0.29) is 28.3 Å². The summed E-state index contributed by atoms with van der Waals surface area (Å²) in [6, 6.07) is 3.87. The number of carbonyl (C=O) groups is 1. The summed E-state index contributed by atoms with van der Waals surface area (Å²) < 4.78 is 5.02. The molecule has 0 fully saturated rings. The third-order valence-corrected chi connectivity index (χ3v) is 3.45. The lowest BCUT2D eigenvalue weighted by Crippen LogP contribution is -2.35. The number of rotatable bonds is 6. The molecule has 0 aliphatic carbocycles. The zero-order chi connectivity index (χ0) is 15.3. The van der Waals surface area contributed by atoms with Gasteiger partial charge in [-0.25, -0.2) is 0 Å². The van der Waals surface area contributed by atoms with Gasteiger partial charge in [0, 0.05) is 18.5 Å². The molecule has 0 heterocycles. The van der Waals surface area contributed by atoms with Gasteiger partial charge in [-0.3, -0.25) is 14.9 Å². The van der Waals surface area contributed by atoms with Crippen molar-refractivity contribution in [3.8, 4) is 5.75 Å². The summed E-state index contributed by atoms with van der Waals surface area (Å²) in [7, 11) is 1.36. The van der Waals surface area contributed by atoms with Crippen molar-refractivity contribution >= 4 is 23.2 Å². The minimum absolute atomic E-state index is 0.125. The number of ether oxygens (including phenoxy) is 1. The van der Waals surface area contributed by atoms with E-state index >= 15 is 0 Å². The summed E-state index contributed by atoms with van der Waals surface area (Å²) in [5.41, 5.74) is -0.103. The molecule has 0 bridgehead atoms. The van der Waals surface area contributed by atoms with Gasteiger partial charge in [0.1, 0.15) is 5.75 Å². The second-order valence-corrected chi connectivity index (χ2v) is 5.39. The van der Waals surface area contributed by atoms with Crippen molar-refractivity contribution < 1.29 is 14.5 Å². The van der Waals surface area contributed by atoms with Crippen molar-refractivity contribution in [1.82, 2.24) is 5.32 Å². The predicted molar refractivity (Wildman–Crippen MR) is 76.5 cm³/mol. The van der Waals surface area contributed by atoms with Crippen LogP contribution in [0.15, 0.2) is 18.2 Å². The highest BCUT2D eigenvalue weighted by Gasteiger charge is 2.20. The Labute approximate surface area is 122 Å². The summed E-state index contributed by atoms with van der Waals surface area (Å²) in [6.07, 6.45) is 0. The van der Waals surface area contributed by atoms with Gasteiger partial charge in [-0.1, -0.05) is 13.8 Å². The van der Waals surface area contributed by atoms with Gasteiger partial charge in [0.05, 0.1) is 23.7 Å². The van der Waals surface area contributed by atoms with Crippen LogP contribution in [0.25, 0.3) is 0 Å². The van der Waals surface area contributed by atoms with Crippen LogP contribution in [0.5, 0.6) is 5.75 Å². The predicted octanol–water partition coefficient (Wildman–Crippen LogP) is 2.60. The van der Waals surface area contributed by atoms with E-state index in [1.807, 2.05) is 13.8 Å². The largest absolute Gasteiger partial charge is 0.496 e. The lowest BCUT2D eigenvalue weighted by molar-refractivity contribution is -0.384. The number of methoxy groups -OCH3 is 1. The smallest absolute Gasteiger partial charge is 0.273 e. The molecule has 110 valence electrons. The maximum absolute atomic E-state index is 12.1. The monoisotopic (exact) mass is 300 g/mol. The third kappa shape index (κ3) is 4.09. The van der Waals surface area contributed by atoms with Gasteiger partial charge in [0.25, 0.3) is 11.6 Å². The lowest BCUT2D eigenvalue weighted by Gasteiger charge is -2.21. The van der Waals surface area contributed by atoms with Crippen molar-refractivity contribution in [1.29, 1.82) is 0 Å². The molecular formula is C13H17ClN2O4. The molecule has 6 nitrogen and oxygen atoms in total. The molecule has 0 aliphatic heterocycles. The van der Waals surface area contributed by atoms with Crippen LogP contribution in [0.2, 0.25) is 0 Å². The van der Waals surface area contributed by atoms with Crippen molar-refractivity contribution in [3.63, 3.8) is 0 Å². The molecule has 0 aromatic heterocycles. The zero-order valence-corrected chi connectivity index (χ0v) is 12.4. The molecule has 0 aliphatic rings. The van der Waals surface area contributed by atoms with Crippen molar-refractivity contribution in [2.75, 3.05) is 19.5 Å². The minimum Gasteiger partial charge on any atom is -0.496 e. The highest BCUT2D eigenvalue weighted by Crippen LogP contribution is 2.25. The number of hydrogen-bond donors (Lipinski definition) is 1. The van der Waals surface area contributed by atoms with E-state index in [4.69, 9.17) is 16.3 Å². The Kier molecular flexibility index (Phi) is 5.33. The third-order valence-electron chi connectivity index (χ3n) is 2.73. The van der Waals surface area contributed by atoms with E-state index in [2.05, 4.69) is 5.32 Å². The maximum atomic E-state index is 12.1. The number of amides is 1. The van der Waals surface area contributed by atoms with E-state index in [0.29, 0.717) is 12.4 Å². The van der Waals surface area contributed by atoms with Crippen LogP contribution in [0.4, 0.5) is 5.69 Å². The number of alkyl halides is 1. The fraction of sp³-hybridized carbons (Fsp3) is 0.462. The molecule has 1 amide bonds. The van der Waals surface area contributed by atoms with Gasteiger partial charge in [0.15, 0.2) is 0 Å². The second-order valence-electron chi connectivity index (χ2n) is 5.12. The number of nitrogens with zero attached hydrogens (tertiary/aromatic N) is 1. The molecule has 1 rings (SSSR count). The van der Waals surface area contributed by atoms with Crippen LogP contribution in [0, 0.1) is 15.5 Å². The number of nitrogens with one attached hydrogen (secondary N) is 1. The zero-order valence-electron chi connectivity index (χ0n) is 11.6. The van der Waals surface area contributed by atoms with Crippen molar-refractivity contribution in [3.05, 3.63) is 33.9 Å². The standard InChI is InChI=1S/C13H17ClN2O4/c1-13(2,7-14)8-15-12(17)10-5-4-9(16(18)19)6-11(10)20-3/h4-6H,7-8H2,1-3H3,(H,15,17). The molecule has 0 unspecified atom stereocenters. The topological polar surface area (TPSA) is 81.5 Å². The van der Waals surface area contributed by atoms with Crippen LogP contribution in [-0.2, 0) is 0 Å². The SMILES string of the molecule is COc1cc([N+](=O)[O-])ccc1C(=O)NCC(C)(C)CCl. The van der Waals surface area contributed by atoms with Gasteiger partial charge in [-0.2, -0.15) is 0 Å². The molecule has 1 N–H and O–H groups in total. The summed E-state index contributed by atoms with van der Waals surface area (Å²) in [5, 5.41) is 13.4. The van der Waals surface area contributed by atoms with Crippen LogP contribution in [0.1, 0.15) is 24.2 Å². The number of nitro groups is 1. The van der Waals surface area contributed by atoms with Crippen LogP contribution >= 0.6 is 11.6 Å². The first-order valence-electron chi connectivity index (χ1n) is 5.97. The van der Waals surface area contributed by atoms with Crippen molar-refractivity contribution in [2.24, 2.45) is 5.41 Å². The Morgan fingerprint density at radius 3 is 2.65 bits per heavy atom.